The highest BCUT2D eigenvalue weighted by Crippen LogP contribution is 2.27. The second kappa shape index (κ2) is 4.04. The lowest BCUT2D eigenvalue weighted by Crippen LogP contribution is -2.36. The molecule has 17 heavy (non-hydrogen) atoms. The van der Waals surface area contributed by atoms with Gasteiger partial charge in [0, 0.05) is 12.1 Å². The van der Waals surface area contributed by atoms with Gasteiger partial charge >= 0.3 is 0 Å². The van der Waals surface area contributed by atoms with Crippen molar-refractivity contribution in [2.75, 3.05) is 13.2 Å². The highest BCUT2D eigenvalue weighted by molar-refractivity contribution is 5.83. The molecule has 0 N–H and O–H groups in total. The highest BCUT2D eigenvalue weighted by Gasteiger charge is 2.43. The molecule has 1 aromatic rings. The molecule has 1 saturated heterocycles. The predicted molar refractivity (Wildman–Crippen MR) is 61.7 cm³/mol. The summed E-state index contributed by atoms with van der Waals surface area (Å²) in [6.45, 7) is 3.70. The summed E-state index contributed by atoms with van der Waals surface area (Å²) in [4.78, 5) is 13.9. The van der Waals surface area contributed by atoms with Crippen LogP contribution in [0, 0.1) is 0 Å². The SMILES string of the molecule is C[C@@H]1O[C@H]1C(=O)N1CCOc2ccccc2C1. The van der Waals surface area contributed by atoms with Crippen LogP contribution in [0.25, 0.3) is 0 Å². The van der Waals surface area contributed by atoms with Crippen LogP contribution >= 0.6 is 0 Å². The zero-order valence-corrected chi connectivity index (χ0v) is 9.76. The lowest BCUT2D eigenvalue weighted by molar-refractivity contribution is -0.133. The zero-order chi connectivity index (χ0) is 11.8. The number of benzene rings is 1. The fourth-order valence-corrected chi connectivity index (χ4v) is 2.14. The van der Waals surface area contributed by atoms with Gasteiger partial charge in [0.2, 0.25) is 0 Å². The van der Waals surface area contributed by atoms with Crippen LogP contribution in [0.3, 0.4) is 0 Å². The van der Waals surface area contributed by atoms with Crippen LogP contribution in [0.5, 0.6) is 5.75 Å². The number of amides is 1. The third-order valence-corrected chi connectivity index (χ3v) is 3.22. The zero-order valence-electron chi connectivity index (χ0n) is 9.76. The first kappa shape index (κ1) is 10.6. The van der Waals surface area contributed by atoms with E-state index in [9.17, 15) is 4.79 Å². The van der Waals surface area contributed by atoms with Gasteiger partial charge in [-0.2, -0.15) is 0 Å². The van der Waals surface area contributed by atoms with Crippen LogP contribution in [-0.4, -0.2) is 36.2 Å². The largest absolute Gasteiger partial charge is 0.491 e. The molecule has 0 aromatic heterocycles. The molecule has 1 aromatic carbocycles. The van der Waals surface area contributed by atoms with E-state index in [1.165, 1.54) is 0 Å². The number of fused-ring (bicyclic) bond motifs is 1. The molecular weight excluding hydrogens is 218 g/mol. The standard InChI is InChI=1S/C13H15NO3/c1-9-12(17-9)13(15)14-6-7-16-11-5-3-2-4-10(11)8-14/h2-5,9,12H,6-8H2,1H3/t9-,12+/m0/s1. The van der Waals surface area contributed by atoms with Gasteiger partial charge in [-0.15, -0.1) is 0 Å². The topological polar surface area (TPSA) is 42.1 Å². The molecule has 0 bridgehead atoms. The van der Waals surface area contributed by atoms with E-state index in [-0.39, 0.29) is 18.1 Å². The Morgan fingerprint density at radius 3 is 2.94 bits per heavy atom. The first-order valence-electron chi connectivity index (χ1n) is 5.90. The van der Waals surface area contributed by atoms with E-state index in [1.54, 1.807) is 0 Å². The van der Waals surface area contributed by atoms with Crippen LogP contribution in [-0.2, 0) is 16.1 Å². The fourth-order valence-electron chi connectivity index (χ4n) is 2.14. The molecule has 0 unspecified atom stereocenters. The molecule has 2 aliphatic rings. The van der Waals surface area contributed by atoms with E-state index in [2.05, 4.69) is 0 Å². The van der Waals surface area contributed by atoms with E-state index in [0.29, 0.717) is 19.7 Å². The van der Waals surface area contributed by atoms with Crippen molar-refractivity contribution in [1.29, 1.82) is 0 Å². The summed E-state index contributed by atoms with van der Waals surface area (Å²) in [5.41, 5.74) is 1.06. The van der Waals surface area contributed by atoms with Gasteiger partial charge in [0.1, 0.15) is 12.4 Å². The lowest BCUT2D eigenvalue weighted by atomic mass is 10.2. The molecule has 2 atom stereocenters. The van der Waals surface area contributed by atoms with Crippen molar-refractivity contribution >= 4 is 5.91 Å². The van der Waals surface area contributed by atoms with Crippen molar-refractivity contribution in [3.8, 4) is 5.75 Å². The Morgan fingerprint density at radius 2 is 2.18 bits per heavy atom. The van der Waals surface area contributed by atoms with E-state index in [4.69, 9.17) is 9.47 Å². The van der Waals surface area contributed by atoms with Crippen LogP contribution in [0.1, 0.15) is 12.5 Å². The monoisotopic (exact) mass is 233 g/mol. The summed E-state index contributed by atoms with van der Waals surface area (Å²) in [7, 11) is 0. The van der Waals surface area contributed by atoms with Crippen LogP contribution in [0.4, 0.5) is 0 Å². The minimum Gasteiger partial charge on any atom is -0.491 e. The summed E-state index contributed by atoms with van der Waals surface area (Å²) < 4.78 is 10.8. The number of nitrogens with zero attached hydrogens (tertiary/aromatic N) is 1. The van der Waals surface area contributed by atoms with Crippen molar-refractivity contribution in [3.63, 3.8) is 0 Å². The van der Waals surface area contributed by atoms with Gasteiger partial charge < -0.3 is 14.4 Å². The molecule has 2 heterocycles. The molecule has 3 rings (SSSR count). The Bertz CT molecular complexity index is 446. The second-order valence-corrected chi connectivity index (χ2v) is 4.48. The smallest absolute Gasteiger partial charge is 0.254 e. The second-order valence-electron chi connectivity index (χ2n) is 4.48. The van der Waals surface area contributed by atoms with Crippen LogP contribution in [0.2, 0.25) is 0 Å². The normalized spacial score (nSPS) is 26.8. The van der Waals surface area contributed by atoms with Gasteiger partial charge in [-0.05, 0) is 13.0 Å². The number of rotatable bonds is 1. The average molecular weight is 233 g/mol. The summed E-state index contributed by atoms with van der Waals surface area (Å²) in [6.07, 6.45) is -0.165. The van der Waals surface area contributed by atoms with Crippen LogP contribution < -0.4 is 4.74 Å². The number of hydrogen-bond donors (Lipinski definition) is 0. The number of para-hydroxylation sites is 1. The maximum absolute atomic E-state index is 12.1. The Labute approximate surface area is 100 Å². The maximum Gasteiger partial charge on any atom is 0.254 e. The quantitative estimate of drug-likeness (QED) is 0.684. The van der Waals surface area contributed by atoms with Gasteiger partial charge in [-0.25, -0.2) is 0 Å². The van der Waals surface area contributed by atoms with E-state index >= 15 is 0 Å². The number of epoxide rings is 1. The minimum atomic E-state index is -0.236. The third kappa shape index (κ3) is 2.00. The van der Waals surface area contributed by atoms with E-state index in [0.717, 1.165) is 11.3 Å². The summed E-state index contributed by atoms with van der Waals surface area (Å²) in [5.74, 6) is 0.963. The molecule has 1 amide bonds. The van der Waals surface area contributed by atoms with Gasteiger partial charge in [0.15, 0.2) is 6.10 Å². The van der Waals surface area contributed by atoms with Crippen molar-refractivity contribution in [3.05, 3.63) is 29.8 Å². The van der Waals surface area contributed by atoms with Gasteiger partial charge in [-0.1, -0.05) is 18.2 Å². The molecule has 0 radical (unpaired) electrons. The number of ether oxygens (including phenoxy) is 2. The van der Waals surface area contributed by atoms with Crippen molar-refractivity contribution < 1.29 is 14.3 Å². The molecule has 1 fully saturated rings. The van der Waals surface area contributed by atoms with E-state index in [1.807, 2.05) is 36.1 Å². The summed E-state index contributed by atoms with van der Waals surface area (Å²) in [6, 6.07) is 7.85. The number of carbonyl (C=O) groups is 1. The average Bonchev–Trinajstić information content (AvgIpc) is 3.09. The van der Waals surface area contributed by atoms with Crippen LogP contribution in [0.15, 0.2) is 24.3 Å². The Balaban J connectivity index is 1.78. The molecule has 90 valence electrons. The number of hydrogen-bond acceptors (Lipinski definition) is 3. The molecule has 0 spiro atoms. The molecular formula is C13H15NO3. The minimum absolute atomic E-state index is 0.0712. The van der Waals surface area contributed by atoms with E-state index < -0.39 is 0 Å². The molecule has 0 saturated carbocycles. The molecule has 4 nitrogen and oxygen atoms in total. The Kier molecular flexibility index (Phi) is 2.52. The summed E-state index contributed by atoms with van der Waals surface area (Å²) >= 11 is 0. The van der Waals surface area contributed by atoms with Gasteiger partial charge in [-0.3, -0.25) is 4.79 Å². The summed E-state index contributed by atoms with van der Waals surface area (Å²) in [5, 5.41) is 0. The highest BCUT2D eigenvalue weighted by atomic mass is 16.6. The molecule has 4 heteroatoms. The number of carbonyl (C=O) groups excluding carboxylic acids is 1. The Morgan fingerprint density at radius 1 is 1.41 bits per heavy atom. The lowest BCUT2D eigenvalue weighted by Gasteiger charge is -2.18. The Hall–Kier alpha value is -1.55. The molecule has 0 aliphatic carbocycles. The molecule has 2 aliphatic heterocycles. The van der Waals surface area contributed by atoms with Crippen molar-refractivity contribution in [2.45, 2.75) is 25.7 Å². The fraction of sp³-hybridized carbons (Fsp3) is 0.462. The van der Waals surface area contributed by atoms with Crippen molar-refractivity contribution in [2.24, 2.45) is 0 Å². The third-order valence-electron chi connectivity index (χ3n) is 3.22. The first-order valence-corrected chi connectivity index (χ1v) is 5.90. The predicted octanol–water partition coefficient (Wildman–Crippen LogP) is 1.19. The maximum atomic E-state index is 12.1. The van der Waals surface area contributed by atoms with Crippen molar-refractivity contribution in [1.82, 2.24) is 4.90 Å². The van der Waals surface area contributed by atoms with Gasteiger partial charge in [0.25, 0.3) is 5.91 Å². The first-order chi connectivity index (χ1) is 8.25. The van der Waals surface area contributed by atoms with Gasteiger partial charge in [0.05, 0.1) is 12.6 Å².